The molecule has 36 heavy (non-hydrogen) atoms. The molecule has 0 radical (unpaired) electrons. The third kappa shape index (κ3) is 5.25. The van der Waals surface area contributed by atoms with Crippen molar-refractivity contribution < 1.29 is 33.6 Å². The zero-order valence-electron chi connectivity index (χ0n) is 20.4. The molecule has 2 aromatic rings. The quantitative estimate of drug-likeness (QED) is 0.504. The van der Waals surface area contributed by atoms with Crippen LogP contribution in [-0.2, 0) is 20.9 Å². The fraction of sp³-hybridized carbons (Fsp3) is 0.462. The first-order valence-electron chi connectivity index (χ1n) is 12.1. The Morgan fingerprint density at radius 1 is 1.06 bits per heavy atom. The monoisotopic (exact) mass is 497 g/mol. The van der Waals surface area contributed by atoms with E-state index in [9.17, 15) is 14.7 Å². The van der Waals surface area contributed by atoms with Crippen LogP contribution in [0.25, 0.3) is 0 Å². The number of hydrogen-bond acceptors (Lipinski definition) is 8. The number of amides is 2. The number of anilines is 1. The number of ether oxygens (including phenoxy) is 4. The van der Waals surface area contributed by atoms with E-state index in [1.807, 2.05) is 44.4 Å². The molecule has 2 amide bonds. The van der Waals surface area contributed by atoms with Crippen molar-refractivity contribution in [2.75, 3.05) is 39.4 Å². The second kappa shape index (κ2) is 10.3. The van der Waals surface area contributed by atoms with Gasteiger partial charge >= 0.3 is 0 Å². The largest absolute Gasteiger partial charge is 0.487 e. The molecule has 10 nitrogen and oxygen atoms in total. The van der Waals surface area contributed by atoms with Gasteiger partial charge in [0.2, 0.25) is 18.6 Å². The van der Waals surface area contributed by atoms with Gasteiger partial charge in [0, 0.05) is 23.7 Å². The summed E-state index contributed by atoms with van der Waals surface area (Å²) >= 11 is 0. The van der Waals surface area contributed by atoms with E-state index >= 15 is 0 Å². The summed E-state index contributed by atoms with van der Waals surface area (Å²) in [5.74, 6) is 1.79. The molecule has 5 rings (SSSR count). The number of carbonyl (C=O) groups excluding carboxylic acids is 2. The van der Waals surface area contributed by atoms with Crippen molar-refractivity contribution in [3.05, 3.63) is 47.5 Å². The molecule has 192 valence electrons. The van der Waals surface area contributed by atoms with Gasteiger partial charge in [-0.2, -0.15) is 0 Å². The summed E-state index contributed by atoms with van der Waals surface area (Å²) in [5, 5.41) is 15.8. The minimum atomic E-state index is -0.547. The molecule has 0 saturated carbocycles. The SMILES string of the molecule is CN(C)CC(=O)Nc1ccc2c(c1)[C@H]1C[C@H](CC(=O)NCc3ccc4c(c3)OCO4)O[C@H](CO)[C@H]1O2. The lowest BCUT2D eigenvalue weighted by Crippen LogP contribution is -2.47. The van der Waals surface area contributed by atoms with Crippen LogP contribution in [0.3, 0.4) is 0 Å². The first-order valence-corrected chi connectivity index (χ1v) is 12.1. The maximum Gasteiger partial charge on any atom is 0.238 e. The maximum absolute atomic E-state index is 12.7. The average Bonchev–Trinajstić information content (AvgIpc) is 3.46. The van der Waals surface area contributed by atoms with Crippen molar-refractivity contribution in [2.45, 2.75) is 43.6 Å². The third-order valence-corrected chi connectivity index (χ3v) is 6.58. The van der Waals surface area contributed by atoms with Crippen molar-refractivity contribution in [1.82, 2.24) is 10.2 Å². The van der Waals surface area contributed by atoms with Gasteiger partial charge in [-0.15, -0.1) is 0 Å². The predicted octanol–water partition coefficient (Wildman–Crippen LogP) is 1.62. The topological polar surface area (TPSA) is 119 Å². The zero-order chi connectivity index (χ0) is 25.2. The fourth-order valence-corrected chi connectivity index (χ4v) is 4.99. The normalized spacial score (nSPS) is 23.6. The van der Waals surface area contributed by atoms with Crippen molar-refractivity contribution in [1.29, 1.82) is 0 Å². The summed E-state index contributed by atoms with van der Waals surface area (Å²) in [7, 11) is 3.67. The number of rotatable bonds is 8. The Balaban J connectivity index is 1.22. The molecule has 3 heterocycles. The van der Waals surface area contributed by atoms with E-state index in [2.05, 4.69) is 10.6 Å². The summed E-state index contributed by atoms with van der Waals surface area (Å²) in [6, 6.07) is 11.1. The summed E-state index contributed by atoms with van der Waals surface area (Å²) < 4.78 is 22.9. The number of nitrogens with one attached hydrogen (secondary N) is 2. The van der Waals surface area contributed by atoms with Crippen LogP contribution in [0.4, 0.5) is 5.69 Å². The lowest BCUT2D eigenvalue weighted by molar-refractivity contribution is -0.142. The second-order valence-electron chi connectivity index (χ2n) is 9.61. The number of hydrogen-bond donors (Lipinski definition) is 3. The number of fused-ring (bicyclic) bond motifs is 4. The lowest BCUT2D eigenvalue weighted by Gasteiger charge is -2.37. The standard InChI is InChI=1S/C26H31N3O7/c1-29(2)12-25(32)28-16-4-6-20-18(8-16)19-9-17(35-23(13-30)26(19)36-20)10-24(31)27-11-15-3-5-21-22(7-15)34-14-33-21/h3-8,17,19,23,26,30H,9-14H2,1-2H3,(H,27,31)(H,28,32)/t17-,19-,23-,26+/m1/s1. The molecule has 2 aromatic carbocycles. The van der Waals surface area contributed by atoms with Crippen molar-refractivity contribution in [3.8, 4) is 17.2 Å². The van der Waals surface area contributed by atoms with E-state index in [0.29, 0.717) is 35.9 Å². The van der Waals surface area contributed by atoms with Gasteiger partial charge in [0.1, 0.15) is 18.0 Å². The number of aliphatic hydroxyl groups is 1. The number of nitrogens with zero attached hydrogens (tertiary/aromatic N) is 1. The van der Waals surface area contributed by atoms with Crippen LogP contribution in [0, 0.1) is 0 Å². The van der Waals surface area contributed by atoms with E-state index in [4.69, 9.17) is 18.9 Å². The molecular formula is C26H31N3O7. The smallest absolute Gasteiger partial charge is 0.238 e. The van der Waals surface area contributed by atoms with E-state index in [1.54, 1.807) is 11.0 Å². The number of likely N-dealkylation sites (N-methyl/N-ethyl adjacent to an activating group) is 1. The highest BCUT2D eigenvalue weighted by molar-refractivity contribution is 5.92. The number of carbonyl (C=O) groups is 2. The Hall–Kier alpha value is -3.34. The Bertz CT molecular complexity index is 1140. The maximum atomic E-state index is 12.7. The highest BCUT2D eigenvalue weighted by Gasteiger charge is 2.46. The van der Waals surface area contributed by atoms with E-state index < -0.39 is 6.10 Å². The summed E-state index contributed by atoms with van der Waals surface area (Å²) in [5.41, 5.74) is 2.55. The number of aliphatic hydroxyl groups excluding tert-OH is 1. The Kier molecular flexibility index (Phi) is 6.99. The van der Waals surface area contributed by atoms with Crippen LogP contribution < -0.4 is 24.8 Å². The second-order valence-corrected chi connectivity index (χ2v) is 9.61. The molecule has 3 N–H and O–H groups in total. The van der Waals surface area contributed by atoms with Gasteiger partial charge in [-0.25, -0.2) is 0 Å². The molecule has 1 fully saturated rings. The third-order valence-electron chi connectivity index (χ3n) is 6.58. The van der Waals surface area contributed by atoms with Gasteiger partial charge in [0.15, 0.2) is 11.5 Å². The van der Waals surface area contributed by atoms with Crippen LogP contribution in [0.1, 0.15) is 29.9 Å². The van der Waals surface area contributed by atoms with Crippen molar-refractivity contribution in [3.63, 3.8) is 0 Å². The van der Waals surface area contributed by atoms with Gasteiger partial charge < -0.3 is 39.6 Å². The van der Waals surface area contributed by atoms with E-state index in [1.165, 1.54) is 0 Å². The molecule has 3 aliphatic rings. The molecule has 4 atom stereocenters. The predicted molar refractivity (Wildman–Crippen MR) is 130 cm³/mol. The van der Waals surface area contributed by atoms with Crippen molar-refractivity contribution in [2.24, 2.45) is 0 Å². The van der Waals surface area contributed by atoms with E-state index in [-0.39, 0.29) is 56.3 Å². The van der Waals surface area contributed by atoms with Crippen LogP contribution in [-0.4, -0.2) is 74.2 Å². The molecule has 0 bridgehead atoms. The zero-order valence-corrected chi connectivity index (χ0v) is 20.4. The highest BCUT2D eigenvalue weighted by atomic mass is 16.7. The van der Waals surface area contributed by atoms with Crippen LogP contribution in [0.15, 0.2) is 36.4 Å². The van der Waals surface area contributed by atoms with E-state index in [0.717, 1.165) is 11.1 Å². The molecule has 0 aromatic heterocycles. The van der Waals surface area contributed by atoms with Gasteiger partial charge in [0.25, 0.3) is 0 Å². The number of benzene rings is 2. The lowest BCUT2D eigenvalue weighted by atomic mass is 9.84. The average molecular weight is 498 g/mol. The highest BCUT2D eigenvalue weighted by Crippen LogP contribution is 2.47. The summed E-state index contributed by atoms with van der Waals surface area (Å²) in [6.45, 7) is 0.634. The first-order chi connectivity index (χ1) is 17.4. The van der Waals surface area contributed by atoms with Gasteiger partial charge in [-0.3, -0.25) is 9.59 Å². The molecule has 0 unspecified atom stereocenters. The van der Waals surface area contributed by atoms with Crippen LogP contribution >= 0.6 is 0 Å². The Morgan fingerprint density at radius 2 is 1.86 bits per heavy atom. The fourth-order valence-electron chi connectivity index (χ4n) is 4.99. The van der Waals surface area contributed by atoms with Crippen LogP contribution in [0.2, 0.25) is 0 Å². The Labute approximate surface area is 209 Å². The van der Waals surface area contributed by atoms with Crippen LogP contribution in [0.5, 0.6) is 17.2 Å². The molecule has 0 aliphatic carbocycles. The molecule has 0 spiro atoms. The first kappa shape index (κ1) is 24.4. The summed E-state index contributed by atoms with van der Waals surface area (Å²) in [6.07, 6.45) is -0.526. The minimum absolute atomic E-state index is 0.0525. The minimum Gasteiger partial charge on any atom is -0.487 e. The summed E-state index contributed by atoms with van der Waals surface area (Å²) in [4.78, 5) is 26.7. The van der Waals surface area contributed by atoms with Gasteiger partial charge in [0.05, 0.1) is 25.7 Å². The molecule has 1 saturated heterocycles. The molecule has 3 aliphatic heterocycles. The Morgan fingerprint density at radius 3 is 2.67 bits per heavy atom. The van der Waals surface area contributed by atoms with Crippen molar-refractivity contribution >= 4 is 17.5 Å². The molecule has 10 heteroatoms. The van der Waals surface area contributed by atoms with Gasteiger partial charge in [-0.1, -0.05) is 6.07 Å². The van der Waals surface area contributed by atoms with Gasteiger partial charge in [-0.05, 0) is 56.4 Å². The molecular weight excluding hydrogens is 466 g/mol.